The third kappa shape index (κ3) is 3.87. The van der Waals surface area contributed by atoms with Gasteiger partial charge in [0.2, 0.25) is 0 Å². The van der Waals surface area contributed by atoms with Crippen molar-refractivity contribution < 1.29 is 0 Å². The first-order chi connectivity index (χ1) is 5.68. The molecule has 12 heavy (non-hydrogen) atoms. The van der Waals surface area contributed by atoms with E-state index < -0.39 is 0 Å². The number of halogens is 1. The predicted molar refractivity (Wildman–Crippen MR) is 58.6 cm³/mol. The van der Waals surface area contributed by atoms with Crippen LogP contribution in [0, 0.1) is 5.92 Å². The highest BCUT2D eigenvalue weighted by Gasteiger charge is 2.01. The van der Waals surface area contributed by atoms with Crippen molar-refractivity contribution in [2.45, 2.75) is 19.6 Å². The fraction of sp³-hybridized carbons (Fsp3) is 0.714. The molecule has 1 aromatic heterocycles. The summed E-state index contributed by atoms with van der Waals surface area (Å²) >= 11 is 6.58. The molecular weight excluding hydrogens is 256 g/mol. The summed E-state index contributed by atoms with van der Waals surface area (Å²) in [5.74, 6) is 3.80. The van der Waals surface area contributed by atoms with Crippen LogP contribution < -0.4 is 0 Å². The van der Waals surface area contributed by atoms with E-state index in [1.54, 1.807) is 0 Å². The van der Waals surface area contributed by atoms with Gasteiger partial charge in [-0.05, 0) is 39.1 Å². The molecule has 0 fully saturated rings. The van der Waals surface area contributed by atoms with Gasteiger partial charge in [0.15, 0.2) is 9.74 Å². The van der Waals surface area contributed by atoms with E-state index in [2.05, 4.69) is 39.1 Å². The van der Waals surface area contributed by atoms with E-state index in [9.17, 15) is 0 Å². The quantitative estimate of drug-likeness (QED) is 0.837. The lowest BCUT2D eigenvalue weighted by atomic mass is 10.3. The average Bonchev–Trinajstić information content (AvgIpc) is 2.35. The minimum Gasteiger partial charge on any atom is -0.212 e. The Balaban J connectivity index is 2.24. The third-order valence-electron chi connectivity index (χ3n) is 1.13. The fourth-order valence-electron chi connectivity index (χ4n) is 0.677. The maximum Gasteiger partial charge on any atom is 0.179 e. The molecule has 0 amide bonds. The molecule has 5 heteroatoms. The molecule has 1 aromatic rings. The van der Waals surface area contributed by atoms with Gasteiger partial charge < -0.3 is 0 Å². The van der Waals surface area contributed by atoms with Gasteiger partial charge in [0.05, 0.1) is 5.75 Å². The third-order valence-corrected chi connectivity index (χ3v) is 3.65. The molecule has 0 unspecified atom stereocenters. The highest BCUT2D eigenvalue weighted by atomic mass is 79.9. The molecule has 0 saturated carbocycles. The van der Waals surface area contributed by atoms with Gasteiger partial charge in [-0.1, -0.05) is 13.8 Å². The molecule has 0 atom stereocenters. The first-order valence-corrected chi connectivity index (χ1v) is 6.46. The summed E-state index contributed by atoms with van der Waals surface area (Å²) in [5, 5.41) is 0. The Labute approximate surface area is 89.5 Å². The Morgan fingerprint density at radius 3 is 2.83 bits per heavy atom. The van der Waals surface area contributed by atoms with Crippen LogP contribution >= 0.6 is 39.2 Å². The number of hydrogen-bond acceptors (Lipinski definition) is 4. The van der Waals surface area contributed by atoms with E-state index in [1.807, 2.05) is 11.8 Å². The van der Waals surface area contributed by atoms with Gasteiger partial charge in [0.25, 0.3) is 0 Å². The van der Waals surface area contributed by atoms with E-state index in [0.717, 1.165) is 21.4 Å². The lowest BCUT2D eigenvalue weighted by Gasteiger charge is -2.00. The zero-order chi connectivity index (χ0) is 8.97. The smallest absolute Gasteiger partial charge is 0.179 e. The van der Waals surface area contributed by atoms with Gasteiger partial charge >= 0.3 is 0 Å². The van der Waals surface area contributed by atoms with E-state index in [-0.39, 0.29) is 0 Å². The van der Waals surface area contributed by atoms with Crippen molar-refractivity contribution in [2.24, 2.45) is 5.92 Å². The molecule has 0 aromatic carbocycles. The topological polar surface area (TPSA) is 25.8 Å². The molecule has 1 heterocycles. The van der Waals surface area contributed by atoms with Gasteiger partial charge in [-0.2, -0.15) is 16.1 Å². The van der Waals surface area contributed by atoms with Crippen LogP contribution in [0.25, 0.3) is 0 Å². The fourth-order valence-corrected chi connectivity index (χ4v) is 2.51. The molecule has 0 spiro atoms. The van der Waals surface area contributed by atoms with Crippen molar-refractivity contribution in [3.63, 3.8) is 0 Å². The van der Waals surface area contributed by atoms with Crippen molar-refractivity contribution >= 4 is 39.2 Å². The van der Waals surface area contributed by atoms with Gasteiger partial charge in [-0.15, -0.1) is 0 Å². The van der Waals surface area contributed by atoms with Crippen molar-refractivity contribution in [3.05, 3.63) is 9.74 Å². The number of hydrogen-bond donors (Lipinski definition) is 0. The molecular formula is C7H11BrN2S2. The Kier molecular flexibility index (Phi) is 4.53. The number of rotatable bonds is 4. The summed E-state index contributed by atoms with van der Waals surface area (Å²) < 4.78 is 5.05. The molecule has 68 valence electrons. The minimum atomic E-state index is 0.747. The van der Waals surface area contributed by atoms with Gasteiger partial charge in [0, 0.05) is 0 Å². The lowest BCUT2D eigenvalue weighted by Crippen LogP contribution is -1.92. The number of thioether (sulfide) groups is 1. The zero-order valence-electron chi connectivity index (χ0n) is 7.08. The van der Waals surface area contributed by atoms with Crippen LogP contribution in [0.15, 0.2) is 3.92 Å². The summed E-state index contributed by atoms with van der Waals surface area (Å²) in [4.78, 5) is 4.21. The summed E-state index contributed by atoms with van der Waals surface area (Å²) in [6.07, 6.45) is 0. The van der Waals surface area contributed by atoms with Gasteiger partial charge in [-0.25, -0.2) is 4.98 Å². The normalized spacial score (nSPS) is 11.0. The summed E-state index contributed by atoms with van der Waals surface area (Å²) in [5.41, 5.74) is 0. The van der Waals surface area contributed by atoms with Crippen molar-refractivity contribution in [1.82, 2.24) is 9.36 Å². The Hall–Kier alpha value is 0.390. The van der Waals surface area contributed by atoms with Gasteiger partial charge in [0.1, 0.15) is 0 Å². The Morgan fingerprint density at radius 2 is 2.33 bits per heavy atom. The second kappa shape index (κ2) is 5.19. The molecule has 1 rings (SSSR count). The van der Waals surface area contributed by atoms with Crippen LogP contribution in [0.1, 0.15) is 19.7 Å². The van der Waals surface area contributed by atoms with Crippen molar-refractivity contribution in [2.75, 3.05) is 5.75 Å². The molecule has 0 N–H and O–H groups in total. The predicted octanol–water partition coefficient (Wildman–Crippen LogP) is 3.19. The number of nitrogens with zero attached hydrogens (tertiary/aromatic N) is 2. The van der Waals surface area contributed by atoms with Crippen LogP contribution in [0.5, 0.6) is 0 Å². The average molecular weight is 267 g/mol. The van der Waals surface area contributed by atoms with E-state index >= 15 is 0 Å². The highest BCUT2D eigenvalue weighted by Crippen LogP contribution is 2.17. The van der Waals surface area contributed by atoms with Crippen LogP contribution in [0.3, 0.4) is 0 Å². The summed E-state index contributed by atoms with van der Waals surface area (Å²) in [7, 11) is 0. The second-order valence-electron chi connectivity index (χ2n) is 2.87. The maximum atomic E-state index is 4.21. The van der Waals surface area contributed by atoms with Crippen LogP contribution in [0.2, 0.25) is 0 Å². The monoisotopic (exact) mass is 266 g/mol. The second-order valence-corrected chi connectivity index (χ2v) is 5.93. The maximum absolute atomic E-state index is 4.21. The summed E-state index contributed by atoms with van der Waals surface area (Å²) in [6, 6.07) is 0. The summed E-state index contributed by atoms with van der Waals surface area (Å²) in [6.45, 7) is 4.44. The molecule has 0 aliphatic heterocycles. The number of aromatic nitrogens is 2. The first-order valence-electron chi connectivity index (χ1n) is 3.74. The molecule has 2 nitrogen and oxygen atoms in total. The zero-order valence-corrected chi connectivity index (χ0v) is 10.3. The largest absolute Gasteiger partial charge is 0.212 e. The van der Waals surface area contributed by atoms with Crippen LogP contribution in [0.4, 0.5) is 0 Å². The standard InChI is InChI=1S/C7H11BrN2S2/c1-5(2)3-11-4-6-9-7(8)12-10-6/h5H,3-4H2,1-2H3. The van der Waals surface area contributed by atoms with E-state index in [4.69, 9.17) is 0 Å². The van der Waals surface area contributed by atoms with Crippen molar-refractivity contribution in [3.8, 4) is 0 Å². The molecule has 0 aliphatic carbocycles. The lowest BCUT2D eigenvalue weighted by molar-refractivity contribution is 0.750. The van der Waals surface area contributed by atoms with E-state index in [0.29, 0.717) is 0 Å². The van der Waals surface area contributed by atoms with Crippen LogP contribution in [-0.4, -0.2) is 15.1 Å². The van der Waals surface area contributed by atoms with Crippen LogP contribution in [-0.2, 0) is 5.75 Å². The Bertz CT molecular complexity index is 237. The highest BCUT2D eigenvalue weighted by molar-refractivity contribution is 9.11. The molecule has 0 saturated heterocycles. The van der Waals surface area contributed by atoms with Gasteiger partial charge in [-0.3, -0.25) is 0 Å². The van der Waals surface area contributed by atoms with E-state index in [1.165, 1.54) is 17.3 Å². The SMILES string of the molecule is CC(C)CSCc1nsc(Br)n1. The first kappa shape index (κ1) is 10.5. The molecule has 0 aliphatic rings. The molecule has 0 radical (unpaired) electrons. The Morgan fingerprint density at radius 1 is 1.58 bits per heavy atom. The minimum absolute atomic E-state index is 0.747. The van der Waals surface area contributed by atoms with Crippen molar-refractivity contribution in [1.29, 1.82) is 0 Å². The molecule has 0 bridgehead atoms.